The lowest BCUT2D eigenvalue weighted by atomic mass is 9.97. The van der Waals surface area contributed by atoms with Crippen molar-refractivity contribution in [2.45, 2.75) is 44.6 Å². The third-order valence-electron chi connectivity index (χ3n) is 5.44. The third kappa shape index (κ3) is 5.16. The van der Waals surface area contributed by atoms with E-state index in [1.165, 1.54) is 12.1 Å². The van der Waals surface area contributed by atoms with E-state index in [0.717, 1.165) is 48.0 Å². The number of aromatic nitrogens is 4. The number of nitrogens with zero attached hydrogens (tertiary/aromatic N) is 5. The van der Waals surface area contributed by atoms with Gasteiger partial charge in [0.05, 0.1) is 17.5 Å². The van der Waals surface area contributed by atoms with E-state index < -0.39 is 0 Å². The average Bonchev–Trinajstić information content (AvgIpc) is 2.75. The van der Waals surface area contributed by atoms with Crippen molar-refractivity contribution in [1.82, 2.24) is 19.9 Å². The number of β-amino-alcohol motifs (C(OH)–C–C–N with tert-alkyl or cyclic N) is 1. The number of halogens is 1. The summed E-state index contributed by atoms with van der Waals surface area (Å²) in [5.41, 5.74) is 2.77. The molecule has 0 bridgehead atoms. The minimum absolute atomic E-state index is 0.150. The van der Waals surface area contributed by atoms with Crippen LogP contribution in [-0.2, 0) is 12.8 Å². The van der Waals surface area contributed by atoms with Crippen LogP contribution in [-0.4, -0.2) is 44.2 Å². The Hall–Kier alpha value is -2.93. The lowest BCUT2D eigenvalue weighted by Gasteiger charge is -2.31. The van der Waals surface area contributed by atoms with Crippen LogP contribution in [0.1, 0.15) is 48.5 Å². The minimum Gasteiger partial charge on any atom is -0.391 e. The van der Waals surface area contributed by atoms with Gasteiger partial charge in [0.1, 0.15) is 17.5 Å². The molecule has 2 atom stereocenters. The van der Waals surface area contributed by atoms with Gasteiger partial charge in [-0.2, -0.15) is 0 Å². The van der Waals surface area contributed by atoms with Crippen LogP contribution in [0.4, 0.5) is 10.2 Å². The summed E-state index contributed by atoms with van der Waals surface area (Å²) in [6.45, 7) is 3.54. The normalized spacial score (nSPS) is 17.7. The maximum atomic E-state index is 13.3. The zero-order valence-electron chi connectivity index (χ0n) is 17.1. The van der Waals surface area contributed by atoms with Gasteiger partial charge in [-0.1, -0.05) is 19.1 Å². The Balaban J connectivity index is 1.61. The number of hydrogen-bond acceptors (Lipinski definition) is 6. The molecule has 0 amide bonds. The summed E-state index contributed by atoms with van der Waals surface area (Å²) in [5.74, 6) is 1.49. The summed E-state index contributed by atoms with van der Waals surface area (Å²) < 4.78 is 13.3. The van der Waals surface area contributed by atoms with Gasteiger partial charge in [0.15, 0.2) is 0 Å². The van der Waals surface area contributed by atoms with E-state index in [1.807, 2.05) is 18.2 Å². The summed E-state index contributed by atoms with van der Waals surface area (Å²) >= 11 is 0. The average molecular weight is 407 g/mol. The van der Waals surface area contributed by atoms with Gasteiger partial charge in [0, 0.05) is 50.6 Å². The summed E-state index contributed by atoms with van der Waals surface area (Å²) in [4.78, 5) is 20.2. The Morgan fingerprint density at radius 3 is 2.73 bits per heavy atom. The number of aliphatic hydroxyl groups is 1. The quantitative estimate of drug-likeness (QED) is 0.676. The molecular weight excluding hydrogens is 381 g/mol. The fourth-order valence-electron chi connectivity index (χ4n) is 3.83. The van der Waals surface area contributed by atoms with Gasteiger partial charge in [0.2, 0.25) is 0 Å². The van der Waals surface area contributed by atoms with E-state index in [2.05, 4.69) is 21.8 Å². The second kappa shape index (κ2) is 9.26. The molecule has 2 aromatic heterocycles. The highest BCUT2D eigenvalue weighted by molar-refractivity contribution is 5.41. The van der Waals surface area contributed by atoms with E-state index in [1.54, 1.807) is 18.6 Å². The van der Waals surface area contributed by atoms with Crippen molar-refractivity contribution in [3.05, 3.63) is 77.5 Å². The number of hydrogen-bond donors (Lipinski definition) is 1. The van der Waals surface area contributed by atoms with Crippen molar-refractivity contribution >= 4 is 5.82 Å². The molecule has 1 unspecified atom stereocenters. The molecule has 1 aromatic carbocycles. The molecule has 6 nitrogen and oxygen atoms in total. The van der Waals surface area contributed by atoms with E-state index in [9.17, 15) is 9.50 Å². The SMILES string of the molecule is C[C@H](Cc1nc(Cc2cnccn2)cc(N2CCCC(O)C2)n1)c1ccc(F)cc1. The third-order valence-corrected chi connectivity index (χ3v) is 5.44. The van der Waals surface area contributed by atoms with E-state index in [0.29, 0.717) is 19.4 Å². The molecule has 3 heterocycles. The van der Waals surface area contributed by atoms with Crippen LogP contribution in [0.25, 0.3) is 0 Å². The van der Waals surface area contributed by atoms with Crippen LogP contribution in [0.3, 0.4) is 0 Å². The zero-order valence-corrected chi connectivity index (χ0v) is 17.1. The van der Waals surface area contributed by atoms with Gasteiger partial charge in [-0.3, -0.25) is 9.97 Å². The largest absolute Gasteiger partial charge is 0.391 e. The van der Waals surface area contributed by atoms with Gasteiger partial charge in [-0.25, -0.2) is 14.4 Å². The lowest BCUT2D eigenvalue weighted by Crippen LogP contribution is -2.39. The maximum Gasteiger partial charge on any atom is 0.132 e. The molecule has 1 N–H and O–H groups in total. The maximum absolute atomic E-state index is 13.3. The number of aliphatic hydroxyl groups excluding tert-OH is 1. The highest BCUT2D eigenvalue weighted by Gasteiger charge is 2.21. The van der Waals surface area contributed by atoms with Gasteiger partial charge >= 0.3 is 0 Å². The van der Waals surface area contributed by atoms with Crippen molar-refractivity contribution in [2.75, 3.05) is 18.0 Å². The highest BCUT2D eigenvalue weighted by Crippen LogP contribution is 2.23. The number of rotatable bonds is 6. The molecule has 7 heteroatoms. The Morgan fingerprint density at radius 1 is 1.17 bits per heavy atom. The first-order valence-electron chi connectivity index (χ1n) is 10.4. The molecule has 0 spiro atoms. The van der Waals surface area contributed by atoms with Crippen LogP contribution in [0, 0.1) is 5.82 Å². The molecule has 0 aliphatic carbocycles. The first-order valence-corrected chi connectivity index (χ1v) is 10.4. The molecule has 0 saturated carbocycles. The molecule has 1 aliphatic rings. The van der Waals surface area contributed by atoms with E-state index in [4.69, 9.17) is 9.97 Å². The van der Waals surface area contributed by atoms with Crippen molar-refractivity contribution in [3.63, 3.8) is 0 Å². The molecule has 0 radical (unpaired) electrons. The standard InChI is InChI=1S/C23H26FN5O/c1-16(17-4-6-18(24)7-5-17)11-22-27-19(12-20-14-25-8-9-26-20)13-23(28-22)29-10-2-3-21(30)15-29/h4-9,13-14,16,21,30H,2-3,10-12,15H2,1H3/t16-,21?/m1/s1. The molecule has 3 aromatic rings. The summed E-state index contributed by atoms with van der Waals surface area (Å²) in [6, 6.07) is 8.57. The molecule has 156 valence electrons. The predicted octanol–water partition coefficient (Wildman–Crippen LogP) is 3.30. The monoisotopic (exact) mass is 407 g/mol. The Kier molecular flexibility index (Phi) is 6.28. The zero-order chi connectivity index (χ0) is 20.9. The van der Waals surface area contributed by atoms with Crippen molar-refractivity contribution in [3.8, 4) is 0 Å². The predicted molar refractivity (Wildman–Crippen MR) is 113 cm³/mol. The first-order chi connectivity index (χ1) is 14.6. The van der Waals surface area contributed by atoms with Crippen LogP contribution in [0.15, 0.2) is 48.9 Å². The van der Waals surface area contributed by atoms with E-state index in [-0.39, 0.29) is 17.8 Å². The Morgan fingerprint density at radius 2 is 2.00 bits per heavy atom. The lowest BCUT2D eigenvalue weighted by molar-refractivity contribution is 0.154. The molecular formula is C23H26FN5O. The van der Waals surface area contributed by atoms with Gasteiger partial charge in [-0.05, 0) is 36.5 Å². The Bertz CT molecular complexity index is 967. The highest BCUT2D eigenvalue weighted by atomic mass is 19.1. The van der Waals surface area contributed by atoms with Crippen molar-refractivity contribution in [1.29, 1.82) is 0 Å². The van der Waals surface area contributed by atoms with Crippen molar-refractivity contribution in [2.24, 2.45) is 0 Å². The van der Waals surface area contributed by atoms with Gasteiger partial charge in [-0.15, -0.1) is 0 Å². The summed E-state index contributed by atoms with van der Waals surface area (Å²) in [7, 11) is 0. The van der Waals surface area contributed by atoms with Crippen molar-refractivity contribution < 1.29 is 9.50 Å². The molecule has 1 saturated heterocycles. The number of anilines is 1. The molecule has 1 fully saturated rings. The number of benzene rings is 1. The summed E-state index contributed by atoms with van der Waals surface area (Å²) in [6.07, 6.45) is 7.71. The van der Waals surface area contributed by atoms with E-state index >= 15 is 0 Å². The second-order valence-electron chi connectivity index (χ2n) is 7.91. The fraction of sp³-hybridized carbons (Fsp3) is 0.391. The smallest absolute Gasteiger partial charge is 0.132 e. The first kappa shape index (κ1) is 20.3. The minimum atomic E-state index is -0.334. The second-order valence-corrected chi connectivity index (χ2v) is 7.91. The van der Waals surface area contributed by atoms with Crippen LogP contribution < -0.4 is 4.90 Å². The fourth-order valence-corrected chi connectivity index (χ4v) is 3.83. The topological polar surface area (TPSA) is 75.0 Å². The Labute approximate surface area is 175 Å². The molecule has 1 aliphatic heterocycles. The van der Waals surface area contributed by atoms with Gasteiger partial charge < -0.3 is 10.0 Å². The van der Waals surface area contributed by atoms with Crippen LogP contribution in [0.5, 0.6) is 0 Å². The van der Waals surface area contributed by atoms with Gasteiger partial charge in [0.25, 0.3) is 0 Å². The summed E-state index contributed by atoms with van der Waals surface area (Å²) in [5, 5.41) is 10.1. The van der Waals surface area contributed by atoms with Crippen LogP contribution in [0.2, 0.25) is 0 Å². The number of piperidine rings is 1. The van der Waals surface area contributed by atoms with Crippen LogP contribution >= 0.6 is 0 Å². The molecule has 4 rings (SSSR count). The molecule has 30 heavy (non-hydrogen) atoms.